The van der Waals surface area contributed by atoms with Crippen molar-refractivity contribution < 1.29 is 0 Å². The van der Waals surface area contributed by atoms with E-state index in [0.717, 1.165) is 40.3 Å². The smallest absolute Gasteiger partial charge is 0.160 e. The van der Waals surface area contributed by atoms with Crippen molar-refractivity contribution in [1.29, 1.82) is 0 Å². The van der Waals surface area contributed by atoms with Crippen molar-refractivity contribution in [3.63, 3.8) is 0 Å². The van der Waals surface area contributed by atoms with Crippen LogP contribution in [0.5, 0.6) is 0 Å². The average Bonchev–Trinajstić information content (AvgIpc) is 3.49. The summed E-state index contributed by atoms with van der Waals surface area (Å²) >= 11 is 1.86. The molecule has 2 aliphatic carbocycles. The SMILES string of the molecule is C1=Cc2cc(-c3cc(-c4ccccc4)nc(-c4ccc5c(c4)C4(c6ccccc6S5)c5ccccc5-c5ccccc54)n3)cc3cccc(c23)C1. The van der Waals surface area contributed by atoms with Crippen LogP contribution < -0.4 is 0 Å². The Hall–Kier alpha value is -6.03. The van der Waals surface area contributed by atoms with Crippen molar-refractivity contribution in [3.8, 4) is 45.0 Å². The van der Waals surface area contributed by atoms with Gasteiger partial charge in [0.25, 0.3) is 0 Å². The predicted octanol–water partition coefficient (Wildman–Crippen LogP) is 12.0. The molecule has 238 valence electrons. The molecule has 51 heavy (non-hydrogen) atoms. The largest absolute Gasteiger partial charge is 0.228 e. The first-order valence-corrected chi connectivity index (χ1v) is 18.4. The number of nitrogens with zero attached hydrogens (tertiary/aromatic N) is 2. The van der Waals surface area contributed by atoms with E-state index in [-0.39, 0.29) is 0 Å². The van der Waals surface area contributed by atoms with E-state index in [9.17, 15) is 0 Å². The molecule has 0 atom stereocenters. The Morgan fingerprint density at radius 1 is 0.490 bits per heavy atom. The highest BCUT2D eigenvalue weighted by molar-refractivity contribution is 7.99. The highest BCUT2D eigenvalue weighted by Gasteiger charge is 2.50. The summed E-state index contributed by atoms with van der Waals surface area (Å²) in [5.41, 5.74) is 15.1. The molecule has 0 fully saturated rings. The lowest BCUT2D eigenvalue weighted by molar-refractivity contribution is 0.722. The summed E-state index contributed by atoms with van der Waals surface area (Å²) in [6, 6.07) is 57.6. The third-order valence-corrected chi connectivity index (χ3v) is 12.1. The lowest BCUT2D eigenvalue weighted by Gasteiger charge is -2.39. The highest BCUT2D eigenvalue weighted by atomic mass is 32.2. The normalized spacial score (nSPS) is 14.2. The molecular weight excluding hydrogens is 637 g/mol. The summed E-state index contributed by atoms with van der Waals surface area (Å²) in [5.74, 6) is 0.728. The van der Waals surface area contributed by atoms with Gasteiger partial charge in [0.15, 0.2) is 5.82 Å². The Bertz CT molecular complexity index is 2720. The number of hydrogen-bond acceptors (Lipinski definition) is 3. The monoisotopic (exact) mass is 666 g/mol. The molecule has 1 aromatic heterocycles. The van der Waals surface area contributed by atoms with E-state index in [2.05, 4.69) is 170 Å². The molecule has 0 saturated heterocycles. The summed E-state index contributed by atoms with van der Waals surface area (Å²) in [6.07, 6.45) is 5.49. The van der Waals surface area contributed by atoms with E-state index in [0.29, 0.717) is 0 Å². The van der Waals surface area contributed by atoms with Gasteiger partial charge in [0.2, 0.25) is 0 Å². The molecule has 0 radical (unpaired) electrons. The molecule has 3 heteroatoms. The lowest BCUT2D eigenvalue weighted by atomic mass is 9.67. The van der Waals surface area contributed by atoms with Crippen molar-refractivity contribution in [2.75, 3.05) is 0 Å². The molecule has 7 aromatic carbocycles. The van der Waals surface area contributed by atoms with Crippen molar-refractivity contribution in [3.05, 3.63) is 197 Å². The van der Waals surface area contributed by atoms with Crippen LogP contribution in [0.4, 0.5) is 0 Å². The summed E-state index contributed by atoms with van der Waals surface area (Å²) in [6.45, 7) is 0. The van der Waals surface area contributed by atoms with Gasteiger partial charge in [0, 0.05) is 26.5 Å². The minimum absolute atomic E-state index is 0.453. The second-order valence-corrected chi connectivity index (χ2v) is 14.7. The maximum atomic E-state index is 5.38. The molecule has 0 bridgehead atoms. The molecule has 0 saturated carbocycles. The Balaban J connectivity index is 1.17. The fraction of sp³-hybridized carbons (Fsp3) is 0.0417. The minimum atomic E-state index is -0.453. The lowest BCUT2D eigenvalue weighted by Crippen LogP contribution is -2.32. The van der Waals surface area contributed by atoms with Gasteiger partial charge in [-0.3, -0.25) is 0 Å². The quantitative estimate of drug-likeness (QED) is 0.188. The third-order valence-electron chi connectivity index (χ3n) is 10.9. The molecular formula is C48H30N2S. The Labute approximate surface area is 301 Å². The molecule has 2 heterocycles. The highest BCUT2D eigenvalue weighted by Crippen LogP contribution is 2.62. The number of fused-ring (bicyclic) bond motifs is 9. The van der Waals surface area contributed by atoms with Gasteiger partial charge in [-0.05, 0) is 98.1 Å². The molecule has 0 unspecified atom stereocenters. The van der Waals surface area contributed by atoms with E-state index in [4.69, 9.17) is 9.97 Å². The van der Waals surface area contributed by atoms with Crippen molar-refractivity contribution in [2.45, 2.75) is 21.6 Å². The van der Waals surface area contributed by atoms with Crippen LogP contribution in [0.2, 0.25) is 0 Å². The number of hydrogen-bond donors (Lipinski definition) is 0. The first kappa shape index (κ1) is 28.8. The summed E-state index contributed by atoms with van der Waals surface area (Å²) in [4.78, 5) is 13.2. The number of allylic oxidation sites excluding steroid dienone is 1. The van der Waals surface area contributed by atoms with Crippen molar-refractivity contribution >= 4 is 28.6 Å². The second kappa shape index (κ2) is 11.0. The fourth-order valence-corrected chi connectivity index (χ4v) is 9.95. The molecule has 1 spiro atoms. The van der Waals surface area contributed by atoms with Gasteiger partial charge in [0.1, 0.15) is 0 Å². The molecule has 2 nitrogen and oxygen atoms in total. The van der Waals surface area contributed by atoms with Crippen LogP contribution >= 0.6 is 11.8 Å². The summed E-state index contributed by atoms with van der Waals surface area (Å²) in [5, 5.41) is 2.59. The maximum Gasteiger partial charge on any atom is 0.160 e. The molecule has 1 aliphatic heterocycles. The van der Waals surface area contributed by atoms with Gasteiger partial charge in [-0.15, -0.1) is 0 Å². The molecule has 0 N–H and O–H groups in total. The second-order valence-electron chi connectivity index (χ2n) is 13.7. The van der Waals surface area contributed by atoms with Crippen LogP contribution in [0, 0.1) is 0 Å². The van der Waals surface area contributed by atoms with Gasteiger partial charge in [0.05, 0.1) is 16.8 Å². The van der Waals surface area contributed by atoms with Crippen LogP contribution in [-0.4, -0.2) is 9.97 Å². The van der Waals surface area contributed by atoms with E-state index in [1.165, 1.54) is 65.1 Å². The van der Waals surface area contributed by atoms with E-state index >= 15 is 0 Å². The van der Waals surface area contributed by atoms with Crippen LogP contribution in [0.3, 0.4) is 0 Å². The van der Waals surface area contributed by atoms with Gasteiger partial charge in [-0.1, -0.05) is 145 Å². The Morgan fingerprint density at radius 2 is 1.18 bits per heavy atom. The standard InChI is InChI=1S/C48H30N2S/c1-2-12-30(13-3-1)42-29-43(35-26-32-16-10-14-31-15-11-17-33(27-35)46(31)32)50-47(49-42)34-24-25-45-41(28-34)48(40-22-8-9-23-44(40)51-45)38-20-6-4-18-36(38)37-19-5-7-21-39(37)48/h1-14,16-29H,15H2. The summed E-state index contributed by atoms with van der Waals surface area (Å²) in [7, 11) is 0. The van der Waals surface area contributed by atoms with Gasteiger partial charge < -0.3 is 0 Å². The van der Waals surface area contributed by atoms with E-state index in [1.54, 1.807) is 0 Å². The number of aromatic nitrogens is 2. The molecule has 0 amide bonds. The van der Waals surface area contributed by atoms with Gasteiger partial charge in [-0.25, -0.2) is 9.97 Å². The minimum Gasteiger partial charge on any atom is -0.228 e. The van der Waals surface area contributed by atoms with Gasteiger partial charge in [-0.2, -0.15) is 0 Å². The zero-order valence-electron chi connectivity index (χ0n) is 27.7. The fourth-order valence-electron chi connectivity index (χ4n) is 8.78. The number of rotatable bonds is 3. The van der Waals surface area contributed by atoms with Gasteiger partial charge >= 0.3 is 0 Å². The molecule has 8 aromatic rings. The third kappa shape index (κ3) is 4.19. The topological polar surface area (TPSA) is 25.8 Å². The Morgan fingerprint density at radius 3 is 1.98 bits per heavy atom. The first-order chi connectivity index (χ1) is 25.3. The van der Waals surface area contributed by atoms with Crippen molar-refractivity contribution in [1.82, 2.24) is 9.97 Å². The van der Waals surface area contributed by atoms with Crippen LogP contribution in [-0.2, 0) is 11.8 Å². The molecule has 11 rings (SSSR count). The zero-order valence-corrected chi connectivity index (χ0v) is 28.5. The predicted molar refractivity (Wildman–Crippen MR) is 210 cm³/mol. The molecule has 3 aliphatic rings. The van der Waals surface area contributed by atoms with E-state index in [1.807, 2.05) is 11.8 Å². The average molecular weight is 667 g/mol. The van der Waals surface area contributed by atoms with Crippen LogP contribution in [0.15, 0.2) is 174 Å². The number of benzene rings is 7. The van der Waals surface area contributed by atoms with E-state index < -0.39 is 5.41 Å². The van der Waals surface area contributed by atoms with Crippen molar-refractivity contribution in [2.24, 2.45) is 0 Å². The summed E-state index contributed by atoms with van der Waals surface area (Å²) < 4.78 is 0. The maximum absolute atomic E-state index is 5.38. The Kier molecular flexibility index (Phi) is 6.20. The van der Waals surface area contributed by atoms with Crippen LogP contribution in [0.1, 0.15) is 33.4 Å². The first-order valence-electron chi connectivity index (χ1n) is 17.5. The van der Waals surface area contributed by atoms with Crippen LogP contribution in [0.25, 0.3) is 61.9 Å². The zero-order chi connectivity index (χ0) is 33.5.